The van der Waals surface area contributed by atoms with Crippen LogP contribution in [0.15, 0.2) is 48.5 Å². The Morgan fingerprint density at radius 2 is 1.62 bits per heavy atom. The second kappa shape index (κ2) is 10.8. The van der Waals surface area contributed by atoms with Crippen LogP contribution in [-0.2, 0) is 9.59 Å². The maximum atomic E-state index is 12.7. The average molecular weight is 397 g/mol. The molecule has 7 heteroatoms. The van der Waals surface area contributed by atoms with Crippen LogP contribution < -0.4 is 15.4 Å². The summed E-state index contributed by atoms with van der Waals surface area (Å²) < 4.78 is 5.10. The highest BCUT2D eigenvalue weighted by Gasteiger charge is 2.18. The maximum Gasteiger partial charge on any atom is 0.254 e. The molecule has 0 aliphatic rings. The summed E-state index contributed by atoms with van der Waals surface area (Å²) in [6.45, 7) is 4.05. The molecule has 0 radical (unpaired) electrons. The van der Waals surface area contributed by atoms with Gasteiger partial charge in [-0.05, 0) is 49.7 Å². The van der Waals surface area contributed by atoms with E-state index in [9.17, 15) is 14.4 Å². The van der Waals surface area contributed by atoms with E-state index in [1.807, 2.05) is 26.0 Å². The number of ether oxygens (including phenoxy) is 1. The predicted octanol–water partition coefficient (Wildman–Crippen LogP) is 2.61. The SMILES string of the molecule is CCCN(CC(=O)NCC(=O)Nc1ccc(C)cc1)C(=O)c1ccc(OC)cc1. The third-order valence-electron chi connectivity index (χ3n) is 4.23. The van der Waals surface area contributed by atoms with Crippen molar-refractivity contribution >= 4 is 23.4 Å². The van der Waals surface area contributed by atoms with E-state index in [2.05, 4.69) is 10.6 Å². The molecule has 0 aliphatic carbocycles. The zero-order valence-electron chi connectivity index (χ0n) is 17.0. The molecule has 2 aromatic rings. The second-order valence-corrected chi connectivity index (χ2v) is 6.65. The lowest BCUT2D eigenvalue weighted by molar-refractivity contribution is -0.124. The maximum absolute atomic E-state index is 12.7. The van der Waals surface area contributed by atoms with Crippen molar-refractivity contribution in [2.75, 3.05) is 32.1 Å². The van der Waals surface area contributed by atoms with E-state index in [0.29, 0.717) is 30.0 Å². The zero-order chi connectivity index (χ0) is 21.2. The molecule has 0 unspecified atom stereocenters. The first-order valence-electron chi connectivity index (χ1n) is 9.49. The number of hydrogen-bond acceptors (Lipinski definition) is 4. The van der Waals surface area contributed by atoms with Gasteiger partial charge >= 0.3 is 0 Å². The summed E-state index contributed by atoms with van der Waals surface area (Å²) in [5, 5.41) is 5.28. The summed E-state index contributed by atoms with van der Waals surface area (Å²) >= 11 is 0. The van der Waals surface area contributed by atoms with Crippen LogP contribution in [0.2, 0.25) is 0 Å². The van der Waals surface area contributed by atoms with Crippen LogP contribution in [0.5, 0.6) is 5.75 Å². The Labute approximate surface area is 171 Å². The number of rotatable bonds is 9. The molecule has 0 spiro atoms. The molecule has 2 aromatic carbocycles. The van der Waals surface area contributed by atoms with Crippen LogP contribution >= 0.6 is 0 Å². The van der Waals surface area contributed by atoms with Crippen LogP contribution in [0, 0.1) is 6.92 Å². The van der Waals surface area contributed by atoms with Crippen molar-refractivity contribution in [1.29, 1.82) is 0 Å². The lowest BCUT2D eigenvalue weighted by atomic mass is 10.2. The molecule has 0 aromatic heterocycles. The van der Waals surface area contributed by atoms with Gasteiger partial charge in [0.2, 0.25) is 11.8 Å². The number of aryl methyl sites for hydroxylation is 1. The summed E-state index contributed by atoms with van der Waals surface area (Å²) in [6.07, 6.45) is 0.711. The number of methoxy groups -OCH3 is 1. The highest BCUT2D eigenvalue weighted by molar-refractivity contribution is 5.98. The molecule has 0 fully saturated rings. The highest BCUT2D eigenvalue weighted by Crippen LogP contribution is 2.13. The highest BCUT2D eigenvalue weighted by atomic mass is 16.5. The van der Waals surface area contributed by atoms with Gasteiger partial charge in [0.25, 0.3) is 5.91 Å². The molecule has 29 heavy (non-hydrogen) atoms. The Morgan fingerprint density at radius 3 is 2.21 bits per heavy atom. The predicted molar refractivity (Wildman–Crippen MR) is 112 cm³/mol. The van der Waals surface area contributed by atoms with Crippen molar-refractivity contribution in [2.24, 2.45) is 0 Å². The lowest BCUT2D eigenvalue weighted by Gasteiger charge is -2.21. The summed E-state index contributed by atoms with van der Waals surface area (Å²) in [5.41, 5.74) is 2.23. The lowest BCUT2D eigenvalue weighted by Crippen LogP contribution is -2.43. The number of carbonyl (C=O) groups excluding carboxylic acids is 3. The molecule has 0 heterocycles. The molecule has 0 atom stereocenters. The third kappa shape index (κ3) is 6.95. The van der Waals surface area contributed by atoms with E-state index in [0.717, 1.165) is 5.56 Å². The standard InChI is InChI=1S/C22H27N3O4/c1-4-13-25(22(28)17-7-11-19(29-3)12-8-17)15-21(27)23-14-20(26)24-18-9-5-16(2)6-10-18/h5-12H,4,13-15H2,1-3H3,(H,23,27)(H,24,26). The van der Waals surface area contributed by atoms with Gasteiger partial charge in [0.05, 0.1) is 20.2 Å². The Balaban J connectivity index is 1.88. The van der Waals surface area contributed by atoms with Crippen molar-refractivity contribution in [2.45, 2.75) is 20.3 Å². The summed E-state index contributed by atoms with van der Waals surface area (Å²) in [6, 6.07) is 14.1. The molecule has 0 saturated carbocycles. The summed E-state index contributed by atoms with van der Waals surface area (Å²) in [5.74, 6) is -0.306. The van der Waals surface area contributed by atoms with Gasteiger partial charge in [0.15, 0.2) is 0 Å². The Morgan fingerprint density at radius 1 is 0.966 bits per heavy atom. The van der Waals surface area contributed by atoms with Gasteiger partial charge in [0, 0.05) is 17.8 Å². The number of hydrogen-bond donors (Lipinski definition) is 2. The quantitative estimate of drug-likeness (QED) is 0.681. The molecular weight excluding hydrogens is 370 g/mol. The van der Waals surface area contributed by atoms with Crippen molar-refractivity contribution in [3.05, 3.63) is 59.7 Å². The number of amides is 3. The largest absolute Gasteiger partial charge is 0.497 e. The van der Waals surface area contributed by atoms with E-state index in [1.165, 1.54) is 4.90 Å². The fourth-order valence-electron chi connectivity index (χ4n) is 2.69. The van der Waals surface area contributed by atoms with Crippen molar-refractivity contribution in [3.8, 4) is 5.75 Å². The normalized spacial score (nSPS) is 10.2. The van der Waals surface area contributed by atoms with Crippen LogP contribution in [-0.4, -0.2) is 49.4 Å². The van der Waals surface area contributed by atoms with Crippen molar-refractivity contribution in [1.82, 2.24) is 10.2 Å². The number of anilines is 1. The van der Waals surface area contributed by atoms with Gasteiger partial charge in [-0.1, -0.05) is 24.6 Å². The Kier molecular flexibility index (Phi) is 8.21. The van der Waals surface area contributed by atoms with Gasteiger partial charge in [0.1, 0.15) is 5.75 Å². The minimum Gasteiger partial charge on any atom is -0.497 e. The van der Waals surface area contributed by atoms with Gasteiger partial charge < -0.3 is 20.3 Å². The summed E-state index contributed by atoms with van der Waals surface area (Å²) in [7, 11) is 1.56. The first-order chi connectivity index (χ1) is 13.9. The summed E-state index contributed by atoms with van der Waals surface area (Å²) in [4.78, 5) is 38.4. The third-order valence-corrected chi connectivity index (χ3v) is 4.23. The van der Waals surface area contributed by atoms with Gasteiger partial charge in [-0.25, -0.2) is 0 Å². The number of nitrogens with one attached hydrogen (secondary N) is 2. The molecule has 0 bridgehead atoms. The molecule has 0 saturated heterocycles. The van der Waals surface area contributed by atoms with Crippen molar-refractivity contribution < 1.29 is 19.1 Å². The van der Waals surface area contributed by atoms with E-state index >= 15 is 0 Å². The van der Waals surface area contributed by atoms with E-state index in [-0.39, 0.29) is 30.8 Å². The molecular formula is C22H27N3O4. The molecule has 7 nitrogen and oxygen atoms in total. The molecule has 2 N–H and O–H groups in total. The van der Waals surface area contributed by atoms with Gasteiger partial charge in [-0.15, -0.1) is 0 Å². The Bertz CT molecular complexity index is 832. The van der Waals surface area contributed by atoms with Crippen LogP contribution in [0.1, 0.15) is 29.3 Å². The second-order valence-electron chi connectivity index (χ2n) is 6.65. The molecule has 3 amide bonds. The van der Waals surface area contributed by atoms with E-state index in [1.54, 1.807) is 43.5 Å². The minimum atomic E-state index is -0.389. The zero-order valence-corrected chi connectivity index (χ0v) is 17.0. The van der Waals surface area contributed by atoms with Gasteiger partial charge in [-0.3, -0.25) is 14.4 Å². The van der Waals surface area contributed by atoms with Crippen LogP contribution in [0.4, 0.5) is 5.69 Å². The topological polar surface area (TPSA) is 87.7 Å². The van der Waals surface area contributed by atoms with Crippen LogP contribution in [0.25, 0.3) is 0 Å². The monoisotopic (exact) mass is 397 g/mol. The van der Waals surface area contributed by atoms with Crippen molar-refractivity contribution in [3.63, 3.8) is 0 Å². The molecule has 2 rings (SSSR count). The number of nitrogens with zero attached hydrogens (tertiary/aromatic N) is 1. The number of carbonyl (C=O) groups is 3. The molecule has 154 valence electrons. The first-order valence-corrected chi connectivity index (χ1v) is 9.49. The van der Waals surface area contributed by atoms with Gasteiger partial charge in [-0.2, -0.15) is 0 Å². The minimum absolute atomic E-state index is 0.115. The Hall–Kier alpha value is -3.35. The molecule has 0 aliphatic heterocycles. The van der Waals surface area contributed by atoms with E-state index < -0.39 is 0 Å². The van der Waals surface area contributed by atoms with Crippen LogP contribution in [0.3, 0.4) is 0 Å². The van der Waals surface area contributed by atoms with E-state index in [4.69, 9.17) is 4.74 Å². The fourth-order valence-corrected chi connectivity index (χ4v) is 2.69. The fraction of sp³-hybridized carbons (Fsp3) is 0.318. The smallest absolute Gasteiger partial charge is 0.254 e. The first kappa shape index (κ1) is 21.9. The average Bonchev–Trinajstić information content (AvgIpc) is 2.73. The number of benzene rings is 2.